The molecular weight excluding hydrogens is 276 g/mol. The molecule has 2 N–H and O–H groups in total. The molecule has 0 spiro atoms. The first-order chi connectivity index (χ1) is 9.45. The minimum Gasteiger partial charge on any atom is -0.469 e. The summed E-state index contributed by atoms with van der Waals surface area (Å²) in [4.78, 5) is 0. The van der Waals surface area contributed by atoms with Crippen LogP contribution < -0.4 is 10.0 Å². The van der Waals surface area contributed by atoms with E-state index in [1.165, 1.54) is 0 Å². The molecule has 0 radical (unpaired) electrons. The first-order valence-corrected chi connectivity index (χ1v) is 8.74. The summed E-state index contributed by atoms with van der Waals surface area (Å²) in [5.74, 6) is 0.883. The monoisotopic (exact) mass is 302 g/mol. The van der Waals surface area contributed by atoms with Gasteiger partial charge in [0.25, 0.3) is 0 Å². The van der Waals surface area contributed by atoms with E-state index in [9.17, 15) is 8.42 Å². The Morgan fingerprint density at radius 2 is 2.10 bits per heavy atom. The average Bonchev–Trinajstić information content (AvgIpc) is 2.89. The topological polar surface area (TPSA) is 71.3 Å². The zero-order valence-corrected chi connectivity index (χ0v) is 13.4. The Morgan fingerprint density at radius 1 is 1.35 bits per heavy atom. The van der Waals surface area contributed by atoms with E-state index in [2.05, 4.69) is 17.0 Å². The summed E-state index contributed by atoms with van der Waals surface area (Å²) in [6, 6.07) is 3.64. The lowest BCUT2D eigenvalue weighted by molar-refractivity contribution is 0.478. The minimum atomic E-state index is -3.27. The van der Waals surface area contributed by atoms with Gasteiger partial charge in [0.15, 0.2) is 0 Å². The summed E-state index contributed by atoms with van der Waals surface area (Å²) in [6.45, 7) is 6.99. The lowest BCUT2D eigenvalue weighted by Gasteiger charge is -2.18. The molecule has 5 nitrogen and oxygen atoms in total. The molecule has 0 amide bonds. The van der Waals surface area contributed by atoms with Gasteiger partial charge in [-0.1, -0.05) is 6.92 Å². The van der Waals surface area contributed by atoms with Crippen LogP contribution >= 0.6 is 0 Å². The first kappa shape index (κ1) is 17.2. The molecule has 2 unspecified atom stereocenters. The molecule has 1 aromatic heterocycles. The van der Waals surface area contributed by atoms with Crippen LogP contribution in [0.2, 0.25) is 0 Å². The molecule has 0 aliphatic rings. The van der Waals surface area contributed by atoms with E-state index in [4.69, 9.17) is 4.42 Å². The van der Waals surface area contributed by atoms with E-state index in [0.717, 1.165) is 31.6 Å². The zero-order valence-electron chi connectivity index (χ0n) is 12.6. The highest BCUT2D eigenvalue weighted by Crippen LogP contribution is 2.07. The molecule has 0 saturated carbocycles. The molecule has 0 saturated heterocycles. The highest BCUT2D eigenvalue weighted by molar-refractivity contribution is 7.90. The van der Waals surface area contributed by atoms with Crippen molar-refractivity contribution >= 4 is 10.0 Å². The van der Waals surface area contributed by atoms with E-state index in [0.29, 0.717) is 6.54 Å². The predicted octanol–water partition coefficient (Wildman–Crippen LogP) is 1.91. The largest absolute Gasteiger partial charge is 0.469 e. The molecule has 6 heteroatoms. The Bertz CT molecular complexity index is 457. The third-order valence-electron chi connectivity index (χ3n) is 3.16. The van der Waals surface area contributed by atoms with Crippen LogP contribution in [0.25, 0.3) is 0 Å². The molecule has 0 fully saturated rings. The highest BCUT2D eigenvalue weighted by Gasteiger charge is 2.22. The van der Waals surface area contributed by atoms with Gasteiger partial charge in [-0.3, -0.25) is 0 Å². The molecule has 1 aromatic rings. The van der Waals surface area contributed by atoms with Crippen molar-refractivity contribution in [2.24, 2.45) is 0 Å². The fourth-order valence-electron chi connectivity index (χ4n) is 1.86. The standard InChI is InChI=1S/C14H26N2O3S/c1-4-9-15-11-13(3)20(17,18)16-12(2)7-8-14-6-5-10-19-14/h5-6,10,12-13,15-16H,4,7-9,11H2,1-3H3. The van der Waals surface area contributed by atoms with Crippen molar-refractivity contribution in [3.05, 3.63) is 24.2 Å². The Hall–Kier alpha value is -0.850. The predicted molar refractivity (Wildman–Crippen MR) is 81.2 cm³/mol. The van der Waals surface area contributed by atoms with Gasteiger partial charge in [0.2, 0.25) is 10.0 Å². The third-order valence-corrected chi connectivity index (χ3v) is 5.11. The fourth-order valence-corrected chi connectivity index (χ4v) is 3.11. The van der Waals surface area contributed by atoms with Crippen LogP contribution in [0, 0.1) is 0 Å². The summed E-state index contributed by atoms with van der Waals surface area (Å²) in [5, 5.41) is 2.70. The SMILES string of the molecule is CCCNCC(C)S(=O)(=O)NC(C)CCc1ccco1. The summed E-state index contributed by atoms with van der Waals surface area (Å²) >= 11 is 0. The van der Waals surface area contributed by atoms with E-state index in [-0.39, 0.29) is 6.04 Å². The van der Waals surface area contributed by atoms with Gasteiger partial charge in [-0.2, -0.15) is 0 Å². The Kier molecular flexibility index (Phi) is 7.26. The number of hydrogen-bond acceptors (Lipinski definition) is 4. The Morgan fingerprint density at radius 3 is 2.70 bits per heavy atom. The van der Waals surface area contributed by atoms with Gasteiger partial charge in [-0.05, 0) is 45.4 Å². The van der Waals surface area contributed by atoms with Gasteiger partial charge in [-0.25, -0.2) is 13.1 Å². The van der Waals surface area contributed by atoms with Gasteiger partial charge in [0.1, 0.15) is 5.76 Å². The summed E-state index contributed by atoms with van der Waals surface area (Å²) < 4.78 is 32.2. The molecular formula is C14H26N2O3S. The normalized spacial score (nSPS) is 15.2. The number of sulfonamides is 1. The molecule has 0 aliphatic heterocycles. The van der Waals surface area contributed by atoms with Crippen LogP contribution in [-0.4, -0.2) is 32.8 Å². The average molecular weight is 302 g/mol. The van der Waals surface area contributed by atoms with Crippen LogP contribution in [0.1, 0.15) is 39.4 Å². The summed E-state index contributed by atoms with van der Waals surface area (Å²) in [5.41, 5.74) is 0. The molecule has 0 bridgehead atoms. The van der Waals surface area contributed by atoms with E-state index in [1.54, 1.807) is 13.2 Å². The van der Waals surface area contributed by atoms with E-state index < -0.39 is 15.3 Å². The number of nitrogens with one attached hydrogen (secondary N) is 2. The number of hydrogen-bond donors (Lipinski definition) is 2. The Balaban J connectivity index is 2.36. The number of aryl methyl sites for hydroxylation is 1. The van der Waals surface area contributed by atoms with Gasteiger partial charge in [-0.15, -0.1) is 0 Å². The maximum absolute atomic E-state index is 12.1. The maximum Gasteiger partial charge on any atom is 0.215 e. The summed E-state index contributed by atoms with van der Waals surface area (Å²) in [7, 11) is -3.27. The van der Waals surface area contributed by atoms with Crippen molar-refractivity contribution < 1.29 is 12.8 Å². The fraction of sp³-hybridized carbons (Fsp3) is 0.714. The molecule has 0 aromatic carbocycles. The van der Waals surface area contributed by atoms with Crippen LogP contribution in [-0.2, 0) is 16.4 Å². The van der Waals surface area contributed by atoms with Gasteiger partial charge < -0.3 is 9.73 Å². The first-order valence-electron chi connectivity index (χ1n) is 7.20. The molecule has 0 aliphatic carbocycles. The molecule has 2 atom stereocenters. The molecule has 1 rings (SSSR count). The molecule has 116 valence electrons. The lowest BCUT2D eigenvalue weighted by atomic mass is 10.2. The second-order valence-corrected chi connectivity index (χ2v) is 7.33. The van der Waals surface area contributed by atoms with Gasteiger partial charge in [0.05, 0.1) is 11.5 Å². The van der Waals surface area contributed by atoms with Crippen LogP contribution in [0.4, 0.5) is 0 Å². The third kappa shape index (κ3) is 6.07. The van der Waals surface area contributed by atoms with Crippen molar-refractivity contribution in [1.29, 1.82) is 0 Å². The zero-order chi connectivity index (χ0) is 15.0. The second-order valence-electron chi connectivity index (χ2n) is 5.20. The van der Waals surface area contributed by atoms with Gasteiger partial charge >= 0.3 is 0 Å². The van der Waals surface area contributed by atoms with Gasteiger partial charge in [0, 0.05) is 19.0 Å². The summed E-state index contributed by atoms with van der Waals surface area (Å²) in [6.07, 6.45) is 4.09. The molecule has 20 heavy (non-hydrogen) atoms. The highest BCUT2D eigenvalue weighted by atomic mass is 32.2. The van der Waals surface area contributed by atoms with E-state index in [1.807, 2.05) is 19.1 Å². The van der Waals surface area contributed by atoms with Crippen molar-refractivity contribution in [3.8, 4) is 0 Å². The maximum atomic E-state index is 12.1. The van der Waals surface area contributed by atoms with Crippen LogP contribution in [0.5, 0.6) is 0 Å². The Labute approximate surface area is 122 Å². The minimum absolute atomic E-state index is 0.0984. The van der Waals surface area contributed by atoms with Crippen LogP contribution in [0.3, 0.4) is 0 Å². The second kappa shape index (κ2) is 8.44. The lowest BCUT2D eigenvalue weighted by Crippen LogP contribution is -2.42. The number of furan rings is 1. The van der Waals surface area contributed by atoms with E-state index >= 15 is 0 Å². The molecule has 1 heterocycles. The van der Waals surface area contributed by atoms with Crippen molar-refractivity contribution in [2.75, 3.05) is 13.1 Å². The van der Waals surface area contributed by atoms with Crippen molar-refractivity contribution in [1.82, 2.24) is 10.0 Å². The van der Waals surface area contributed by atoms with Crippen molar-refractivity contribution in [3.63, 3.8) is 0 Å². The van der Waals surface area contributed by atoms with Crippen molar-refractivity contribution in [2.45, 2.75) is 51.3 Å². The van der Waals surface area contributed by atoms with Crippen LogP contribution in [0.15, 0.2) is 22.8 Å². The number of rotatable bonds is 10. The smallest absolute Gasteiger partial charge is 0.215 e. The quantitative estimate of drug-likeness (QED) is 0.648.